The second kappa shape index (κ2) is 5.51. The number of ketones is 1. The first-order valence-corrected chi connectivity index (χ1v) is 7.36. The average molecular weight is 307 g/mol. The van der Waals surface area contributed by atoms with Gasteiger partial charge in [-0.3, -0.25) is 4.79 Å². The maximum absolute atomic E-state index is 11.6. The Kier molecular flexibility index (Phi) is 4.87. The standard InChI is InChI=1S/C11H15BrOS2/c1-11(2,3)14-7-8(13)6-9-4-5-10(12)15-9/h4-5H,6-7H2,1-3H3. The highest BCUT2D eigenvalue weighted by atomic mass is 79.9. The molecular weight excluding hydrogens is 292 g/mol. The van der Waals surface area contributed by atoms with Gasteiger partial charge in [-0.1, -0.05) is 20.8 Å². The molecule has 0 aliphatic heterocycles. The molecule has 0 aromatic carbocycles. The number of carbonyl (C=O) groups excluding carboxylic acids is 1. The van der Waals surface area contributed by atoms with Crippen LogP contribution in [-0.4, -0.2) is 16.3 Å². The van der Waals surface area contributed by atoms with Crippen molar-refractivity contribution in [2.75, 3.05) is 5.75 Å². The molecule has 1 aromatic heterocycles. The fraction of sp³-hybridized carbons (Fsp3) is 0.545. The molecule has 0 spiro atoms. The zero-order chi connectivity index (χ0) is 11.5. The van der Waals surface area contributed by atoms with Gasteiger partial charge in [0.15, 0.2) is 0 Å². The summed E-state index contributed by atoms with van der Waals surface area (Å²) in [5.41, 5.74) is 0. The minimum absolute atomic E-state index is 0.172. The predicted octanol–water partition coefficient (Wildman–Crippen LogP) is 4.15. The lowest BCUT2D eigenvalue weighted by Gasteiger charge is -2.16. The first kappa shape index (κ1) is 13.3. The van der Waals surface area contributed by atoms with Crippen LogP contribution in [0.4, 0.5) is 0 Å². The largest absolute Gasteiger partial charge is 0.298 e. The Labute approximate surface area is 108 Å². The van der Waals surface area contributed by atoms with E-state index in [0.29, 0.717) is 18.0 Å². The van der Waals surface area contributed by atoms with E-state index in [4.69, 9.17) is 0 Å². The molecule has 0 aliphatic rings. The van der Waals surface area contributed by atoms with Gasteiger partial charge >= 0.3 is 0 Å². The van der Waals surface area contributed by atoms with E-state index in [0.717, 1.165) is 8.66 Å². The number of hydrogen-bond donors (Lipinski definition) is 0. The quantitative estimate of drug-likeness (QED) is 0.831. The number of thioether (sulfide) groups is 1. The Bertz CT molecular complexity index is 339. The molecule has 4 heteroatoms. The maximum Gasteiger partial charge on any atom is 0.147 e. The predicted molar refractivity (Wildman–Crippen MR) is 72.9 cm³/mol. The lowest BCUT2D eigenvalue weighted by Crippen LogP contribution is -2.13. The lowest BCUT2D eigenvalue weighted by molar-refractivity contribution is -0.115. The third-order valence-corrected chi connectivity index (χ3v) is 4.62. The van der Waals surface area contributed by atoms with Crippen molar-refractivity contribution < 1.29 is 4.79 Å². The van der Waals surface area contributed by atoms with Crippen molar-refractivity contribution in [2.24, 2.45) is 0 Å². The van der Waals surface area contributed by atoms with Gasteiger partial charge in [0.1, 0.15) is 5.78 Å². The minimum Gasteiger partial charge on any atom is -0.298 e. The minimum atomic E-state index is 0.172. The van der Waals surface area contributed by atoms with Gasteiger partial charge in [0.2, 0.25) is 0 Å². The topological polar surface area (TPSA) is 17.1 Å². The van der Waals surface area contributed by atoms with Gasteiger partial charge in [0.05, 0.1) is 9.54 Å². The van der Waals surface area contributed by atoms with Crippen molar-refractivity contribution >= 4 is 44.8 Å². The van der Waals surface area contributed by atoms with Crippen LogP contribution < -0.4 is 0 Å². The monoisotopic (exact) mass is 306 g/mol. The van der Waals surface area contributed by atoms with E-state index in [2.05, 4.69) is 36.7 Å². The van der Waals surface area contributed by atoms with Gasteiger partial charge in [-0.05, 0) is 28.1 Å². The van der Waals surface area contributed by atoms with E-state index in [1.807, 2.05) is 12.1 Å². The highest BCUT2D eigenvalue weighted by Crippen LogP contribution is 2.25. The SMILES string of the molecule is CC(C)(C)SCC(=O)Cc1ccc(Br)s1. The molecule has 0 radical (unpaired) electrons. The van der Waals surface area contributed by atoms with Crippen LogP contribution in [0.3, 0.4) is 0 Å². The molecule has 1 nitrogen and oxygen atoms in total. The molecule has 0 amide bonds. The summed E-state index contributed by atoms with van der Waals surface area (Å²) in [5.74, 6) is 0.920. The third-order valence-electron chi connectivity index (χ3n) is 1.67. The summed E-state index contributed by atoms with van der Waals surface area (Å²) in [7, 11) is 0. The van der Waals surface area contributed by atoms with Gasteiger partial charge in [0.25, 0.3) is 0 Å². The molecule has 1 aromatic rings. The van der Waals surface area contributed by atoms with Crippen LogP contribution in [0.2, 0.25) is 0 Å². The van der Waals surface area contributed by atoms with Crippen LogP contribution in [0.5, 0.6) is 0 Å². The molecule has 0 saturated heterocycles. The molecule has 84 valence electrons. The zero-order valence-electron chi connectivity index (χ0n) is 9.17. The van der Waals surface area contributed by atoms with Crippen LogP contribution in [0.25, 0.3) is 0 Å². The molecule has 1 heterocycles. The fourth-order valence-corrected chi connectivity index (χ4v) is 3.20. The van der Waals surface area contributed by atoms with E-state index >= 15 is 0 Å². The van der Waals surface area contributed by atoms with E-state index < -0.39 is 0 Å². The van der Waals surface area contributed by atoms with Crippen LogP contribution in [0.1, 0.15) is 25.6 Å². The highest BCUT2D eigenvalue weighted by Gasteiger charge is 2.14. The number of halogens is 1. The van der Waals surface area contributed by atoms with Crippen molar-refractivity contribution in [3.05, 3.63) is 20.8 Å². The molecule has 0 unspecified atom stereocenters. The summed E-state index contributed by atoms with van der Waals surface area (Å²) in [5, 5.41) is 0. The molecule has 0 N–H and O–H groups in total. The highest BCUT2D eigenvalue weighted by molar-refractivity contribution is 9.11. The lowest BCUT2D eigenvalue weighted by atomic mass is 10.2. The normalized spacial score (nSPS) is 11.7. The molecule has 0 saturated carbocycles. The van der Waals surface area contributed by atoms with E-state index in [1.165, 1.54) is 0 Å². The van der Waals surface area contributed by atoms with E-state index in [9.17, 15) is 4.79 Å². The molecule has 0 atom stereocenters. The molecule has 0 aliphatic carbocycles. The number of carbonyl (C=O) groups is 1. The van der Waals surface area contributed by atoms with Crippen molar-refractivity contribution in [3.8, 4) is 0 Å². The van der Waals surface area contributed by atoms with Crippen LogP contribution >= 0.6 is 39.0 Å². The molecular formula is C11H15BrOS2. The Balaban J connectivity index is 2.37. The Morgan fingerprint density at radius 3 is 2.60 bits per heavy atom. The number of thiophene rings is 1. The number of rotatable bonds is 4. The maximum atomic E-state index is 11.6. The van der Waals surface area contributed by atoms with Gasteiger partial charge < -0.3 is 0 Å². The molecule has 15 heavy (non-hydrogen) atoms. The second-order valence-electron chi connectivity index (χ2n) is 4.32. The van der Waals surface area contributed by atoms with Crippen molar-refractivity contribution in [2.45, 2.75) is 31.9 Å². The van der Waals surface area contributed by atoms with Gasteiger partial charge in [0, 0.05) is 16.0 Å². The summed E-state index contributed by atoms with van der Waals surface area (Å²) in [6.45, 7) is 6.39. The van der Waals surface area contributed by atoms with Crippen LogP contribution in [0.15, 0.2) is 15.9 Å². The zero-order valence-corrected chi connectivity index (χ0v) is 12.4. The Hall–Kier alpha value is 0.200. The van der Waals surface area contributed by atoms with E-state index in [1.54, 1.807) is 23.1 Å². The van der Waals surface area contributed by atoms with Gasteiger partial charge in [-0.25, -0.2) is 0 Å². The van der Waals surface area contributed by atoms with Crippen molar-refractivity contribution in [1.82, 2.24) is 0 Å². The van der Waals surface area contributed by atoms with Gasteiger partial charge in [-0.2, -0.15) is 0 Å². The van der Waals surface area contributed by atoms with Crippen LogP contribution in [-0.2, 0) is 11.2 Å². The summed E-state index contributed by atoms with van der Waals surface area (Å²) in [6.07, 6.45) is 0.569. The van der Waals surface area contributed by atoms with Crippen molar-refractivity contribution in [1.29, 1.82) is 0 Å². The Morgan fingerprint density at radius 2 is 2.13 bits per heavy atom. The molecule has 0 fully saturated rings. The molecule has 1 rings (SSSR count). The third kappa shape index (κ3) is 5.73. The van der Waals surface area contributed by atoms with Crippen molar-refractivity contribution in [3.63, 3.8) is 0 Å². The second-order valence-corrected chi connectivity index (χ2v) is 8.67. The smallest absolute Gasteiger partial charge is 0.147 e. The summed E-state index contributed by atoms with van der Waals surface area (Å²) < 4.78 is 1.26. The summed E-state index contributed by atoms with van der Waals surface area (Å²) in [4.78, 5) is 12.8. The fourth-order valence-electron chi connectivity index (χ4n) is 0.989. The first-order chi connectivity index (χ1) is 6.87. The number of Topliss-reactive ketones (excluding diaryl/α,β-unsaturated/α-hetero) is 1. The Morgan fingerprint density at radius 1 is 1.47 bits per heavy atom. The average Bonchev–Trinajstić information content (AvgIpc) is 2.47. The van der Waals surface area contributed by atoms with Gasteiger partial charge in [-0.15, -0.1) is 23.1 Å². The molecule has 0 bridgehead atoms. The summed E-state index contributed by atoms with van der Waals surface area (Å²) >= 11 is 6.74. The van der Waals surface area contributed by atoms with Crippen LogP contribution in [0, 0.1) is 0 Å². The number of hydrogen-bond acceptors (Lipinski definition) is 3. The first-order valence-electron chi connectivity index (χ1n) is 4.77. The van der Waals surface area contributed by atoms with E-state index in [-0.39, 0.29) is 4.75 Å². The summed E-state index contributed by atoms with van der Waals surface area (Å²) in [6, 6.07) is 4.00.